The highest BCUT2D eigenvalue weighted by atomic mass is 16.3. The zero-order valence-corrected chi connectivity index (χ0v) is 13.9. The maximum atomic E-state index is 12.6. The Morgan fingerprint density at radius 3 is 2.71 bits per heavy atom. The monoisotopic (exact) mass is 325 g/mol. The Bertz CT molecular complexity index is 928. The molecule has 0 spiro atoms. The van der Waals surface area contributed by atoms with Crippen molar-refractivity contribution >= 4 is 16.8 Å². The van der Waals surface area contributed by atoms with Crippen molar-refractivity contribution in [2.45, 2.75) is 19.9 Å². The Labute approximate surface area is 139 Å². The number of hydrogen-bond donors (Lipinski definition) is 0. The number of hydrogen-bond acceptors (Lipinski definition) is 4. The first-order valence-electron chi connectivity index (χ1n) is 7.84. The van der Waals surface area contributed by atoms with Gasteiger partial charge in [0.2, 0.25) is 0 Å². The quantitative estimate of drug-likeness (QED) is 0.739. The summed E-state index contributed by atoms with van der Waals surface area (Å²) in [6.07, 6.45) is 1.47. The van der Waals surface area contributed by atoms with E-state index in [1.165, 1.54) is 10.8 Å². The van der Waals surface area contributed by atoms with Gasteiger partial charge in [-0.05, 0) is 38.1 Å². The number of carbonyl (C=O) groups is 1. The Morgan fingerprint density at radius 2 is 2.04 bits per heavy atom. The van der Waals surface area contributed by atoms with E-state index in [-0.39, 0.29) is 23.3 Å². The van der Waals surface area contributed by atoms with Gasteiger partial charge in [-0.15, -0.1) is 0 Å². The van der Waals surface area contributed by atoms with E-state index in [1.807, 2.05) is 26.0 Å². The lowest BCUT2D eigenvalue weighted by Gasteiger charge is -2.28. The smallest absolute Gasteiger partial charge is 0.290 e. The maximum absolute atomic E-state index is 12.6. The summed E-state index contributed by atoms with van der Waals surface area (Å²) >= 11 is 0. The fourth-order valence-electron chi connectivity index (χ4n) is 2.88. The van der Waals surface area contributed by atoms with Gasteiger partial charge in [-0.1, -0.05) is 12.1 Å². The van der Waals surface area contributed by atoms with Gasteiger partial charge in [0.25, 0.3) is 11.5 Å². The molecule has 2 heterocycles. The second kappa shape index (κ2) is 6.31. The van der Waals surface area contributed by atoms with Gasteiger partial charge < -0.3 is 9.32 Å². The molecule has 0 N–H and O–H groups in total. The molecule has 0 bridgehead atoms. The molecule has 124 valence electrons. The number of aromatic nitrogens is 2. The number of rotatable bonds is 4. The fourth-order valence-corrected chi connectivity index (χ4v) is 2.88. The van der Waals surface area contributed by atoms with Crippen LogP contribution in [0.2, 0.25) is 0 Å². The van der Waals surface area contributed by atoms with Crippen LogP contribution in [0.15, 0.2) is 51.9 Å². The zero-order valence-electron chi connectivity index (χ0n) is 13.9. The molecule has 2 aromatic heterocycles. The lowest BCUT2D eigenvalue weighted by molar-refractivity contribution is 0.0659. The molecule has 3 rings (SSSR count). The van der Waals surface area contributed by atoms with E-state index < -0.39 is 0 Å². The lowest BCUT2D eigenvalue weighted by atomic mass is 10.2. The van der Waals surface area contributed by atoms with Gasteiger partial charge in [0.05, 0.1) is 23.2 Å². The van der Waals surface area contributed by atoms with Gasteiger partial charge in [-0.3, -0.25) is 14.2 Å². The van der Waals surface area contributed by atoms with Crippen molar-refractivity contribution in [3.63, 3.8) is 0 Å². The minimum absolute atomic E-state index is 0.121. The largest absolute Gasteiger partial charge is 0.459 e. The van der Waals surface area contributed by atoms with E-state index in [0.29, 0.717) is 23.3 Å². The third-order valence-corrected chi connectivity index (χ3v) is 4.19. The van der Waals surface area contributed by atoms with Crippen molar-refractivity contribution in [3.05, 3.63) is 64.6 Å². The Kier molecular flexibility index (Phi) is 4.20. The SMILES string of the molecule is CCN(C(=O)c1ccco1)C(C)c1nc2ccccc2c(=O)n1C. The standard InChI is InChI=1S/C18H19N3O3/c1-4-21(18(23)15-10-7-11-24-15)12(2)16-19-14-9-6-5-8-13(14)17(22)20(16)3/h5-12H,4H2,1-3H3. The van der Waals surface area contributed by atoms with E-state index in [4.69, 9.17) is 4.42 Å². The Morgan fingerprint density at radius 1 is 1.29 bits per heavy atom. The van der Waals surface area contributed by atoms with Gasteiger partial charge >= 0.3 is 0 Å². The van der Waals surface area contributed by atoms with Gasteiger partial charge in [0.1, 0.15) is 5.82 Å². The van der Waals surface area contributed by atoms with Gasteiger partial charge in [0.15, 0.2) is 5.76 Å². The summed E-state index contributed by atoms with van der Waals surface area (Å²) in [4.78, 5) is 31.4. The predicted molar refractivity (Wildman–Crippen MR) is 90.8 cm³/mol. The predicted octanol–water partition coefficient (Wildman–Crippen LogP) is 2.75. The van der Waals surface area contributed by atoms with Crippen molar-refractivity contribution in [1.29, 1.82) is 0 Å². The van der Waals surface area contributed by atoms with Crippen LogP contribution in [0.1, 0.15) is 36.3 Å². The van der Waals surface area contributed by atoms with E-state index >= 15 is 0 Å². The third kappa shape index (κ3) is 2.60. The van der Waals surface area contributed by atoms with Crippen LogP contribution >= 0.6 is 0 Å². The maximum Gasteiger partial charge on any atom is 0.290 e. The summed E-state index contributed by atoms with van der Waals surface area (Å²) < 4.78 is 6.71. The van der Waals surface area contributed by atoms with Crippen molar-refractivity contribution in [2.75, 3.05) is 6.54 Å². The molecule has 0 saturated carbocycles. The molecular weight excluding hydrogens is 306 g/mol. The highest BCUT2D eigenvalue weighted by Gasteiger charge is 2.26. The van der Waals surface area contributed by atoms with Crippen LogP contribution in [0, 0.1) is 0 Å². The van der Waals surface area contributed by atoms with E-state index in [2.05, 4.69) is 4.98 Å². The normalized spacial score (nSPS) is 12.3. The molecule has 1 aromatic carbocycles. The minimum atomic E-state index is -0.366. The average molecular weight is 325 g/mol. The molecule has 0 aliphatic heterocycles. The molecule has 3 aromatic rings. The first-order valence-corrected chi connectivity index (χ1v) is 7.84. The Hall–Kier alpha value is -2.89. The van der Waals surface area contributed by atoms with Crippen LogP contribution in [-0.2, 0) is 7.05 Å². The summed E-state index contributed by atoms with van der Waals surface area (Å²) in [5, 5.41) is 0.566. The zero-order chi connectivity index (χ0) is 17.3. The van der Waals surface area contributed by atoms with Crippen LogP contribution in [0.3, 0.4) is 0 Å². The van der Waals surface area contributed by atoms with E-state index in [1.54, 1.807) is 36.2 Å². The highest BCUT2D eigenvalue weighted by Crippen LogP contribution is 2.21. The molecule has 6 heteroatoms. The molecule has 0 fully saturated rings. The van der Waals surface area contributed by atoms with E-state index in [0.717, 1.165) is 0 Å². The summed E-state index contributed by atoms with van der Waals surface area (Å²) in [6, 6.07) is 10.2. The number of benzene rings is 1. The van der Waals surface area contributed by atoms with Gasteiger partial charge in [-0.25, -0.2) is 4.98 Å². The summed E-state index contributed by atoms with van der Waals surface area (Å²) in [5.41, 5.74) is 0.507. The van der Waals surface area contributed by atoms with Gasteiger partial charge in [-0.2, -0.15) is 0 Å². The van der Waals surface area contributed by atoms with Crippen molar-refractivity contribution in [3.8, 4) is 0 Å². The molecule has 1 unspecified atom stereocenters. The van der Waals surface area contributed by atoms with Crippen LogP contribution in [-0.4, -0.2) is 26.9 Å². The molecule has 24 heavy (non-hydrogen) atoms. The molecule has 1 atom stereocenters. The molecular formula is C18H19N3O3. The Balaban J connectivity index is 2.07. The summed E-state index contributed by atoms with van der Waals surface area (Å²) in [6.45, 7) is 4.22. The van der Waals surface area contributed by atoms with Crippen molar-refractivity contribution in [1.82, 2.24) is 14.5 Å². The summed E-state index contributed by atoms with van der Waals surface area (Å²) in [5.74, 6) is 0.590. The molecule has 0 aliphatic carbocycles. The number of amides is 1. The number of nitrogens with zero attached hydrogens (tertiary/aromatic N) is 3. The number of furan rings is 1. The highest BCUT2D eigenvalue weighted by molar-refractivity contribution is 5.91. The second-order valence-corrected chi connectivity index (χ2v) is 5.60. The third-order valence-electron chi connectivity index (χ3n) is 4.19. The second-order valence-electron chi connectivity index (χ2n) is 5.60. The van der Waals surface area contributed by atoms with Crippen LogP contribution in [0.25, 0.3) is 10.9 Å². The number of para-hydroxylation sites is 1. The van der Waals surface area contributed by atoms with Crippen molar-refractivity contribution < 1.29 is 9.21 Å². The van der Waals surface area contributed by atoms with Crippen LogP contribution < -0.4 is 5.56 Å². The lowest BCUT2D eigenvalue weighted by Crippen LogP contribution is -2.37. The van der Waals surface area contributed by atoms with E-state index in [9.17, 15) is 9.59 Å². The first-order chi connectivity index (χ1) is 11.5. The number of carbonyl (C=O) groups excluding carboxylic acids is 1. The van der Waals surface area contributed by atoms with Crippen LogP contribution in [0.4, 0.5) is 0 Å². The molecule has 0 radical (unpaired) electrons. The average Bonchev–Trinajstić information content (AvgIpc) is 3.13. The molecule has 1 amide bonds. The summed E-state index contributed by atoms with van der Waals surface area (Å²) in [7, 11) is 1.68. The van der Waals surface area contributed by atoms with Crippen molar-refractivity contribution in [2.24, 2.45) is 7.05 Å². The number of fused-ring (bicyclic) bond motifs is 1. The fraction of sp³-hybridized carbons (Fsp3) is 0.278. The molecule has 6 nitrogen and oxygen atoms in total. The molecule has 0 aliphatic rings. The first kappa shape index (κ1) is 16.0. The van der Waals surface area contributed by atoms with Gasteiger partial charge in [0, 0.05) is 13.6 Å². The van der Waals surface area contributed by atoms with Crippen LogP contribution in [0.5, 0.6) is 0 Å². The minimum Gasteiger partial charge on any atom is -0.459 e. The topological polar surface area (TPSA) is 68.3 Å². The molecule has 0 saturated heterocycles.